The first-order chi connectivity index (χ1) is 19.9. The van der Waals surface area contributed by atoms with Gasteiger partial charge in [0.1, 0.15) is 18.2 Å². The van der Waals surface area contributed by atoms with Crippen LogP contribution in [0.3, 0.4) is 0 Å². The highest BCUT2D eigenvalue weighted by atomic mass is 16.6. The number of rotatable bonds is 9. The lowest BCUT2D eigenvalue weighted by Crippen LogP contribution is -2.62. The summed E-state index contributed by atoms with van der Waals surface area (Å²) in [6.07, 6.45) is 5.74. The van der Waals surface area contributed by atoms with Gasteiger partial charge in [-0.25, -0.2) is 4.79 Å². The molecule has 1 aromatic carbocycles. The van der Waals surface area contributed by atoms with Crippen LogP contribution in [0.1, 0.15) is 64.4 Å². The number of carbonyl (C=O) groups is 3. The Balaban J connectivity index is 1.23. The monoisotopic (exact) mass is 582 g/mol. The highest BCUT2D eigenvalue weighted by Gasteiger charge is 2.68. The molecule has 228 valence electrons. The molecule has 0 saturated heterocycles. The normalized spacial score (nSPS) is 37.1. The summed E-state index contributed by atoms with van der Waals surface area (Å²) in [4.78, 5) is 42.0. The third kappa shape index (κ3) is 5.18. The van der Waals surface area contributed by atoms with Crippen LogP contribution in [-0.2, 0) is 25.6 Å². The molecule has 3 fully saturated rings. The van der Waals surface area contributed by atoms with Crippen LogP contribution in [0.25, 0.3) is 0 Å². The van der Waals surface area contributed by atoms with Crippen LogP contribution < -0.4 is 5.32 Å². The zero-order valence-corrected chi connectivity index (χ0v) is 24.3. The molecule has 4 aliphatic carbocycles. The lowest BCUT2D eigenvalue weighted by atomic mass is 9.45. The van der Waals surface area contributed by atoms with Gasteiger partial charge in [0.15, 0.2) is 12.4 Å². The first-order valence-electron chi connectivity index (χ1n) is 14.9. The summed E-state index contributed by atoms with van der Waals surface area (Å²) in [7, 11) is 0. The molecule has 5 N–H and O–H groups in total. The zero-order chi connectivity index (χ0) is 30.3. The molecular weight excluding hydrogens is 540 g/mol. The van der Waals surface area contributed by atoms with E-state index in [0.29, 0.717) is 31.4 Å². The van der Waals surface area contributed by atoms with E-state index < -0.39 is 54.0 Å². The van der Waals surface area contributed by atoms with Crippen LogP contribution in [0.2, 0.25) is 0 Å². The third-order valence-corrected chi connectivity index (χ3v) is 11.0. The Morgan fingerprint density at radius 3 is 2.55 bits per heavy atom. The number of oxime groups is 1. The summed E-state index contributed by atoms with van der Waals surface area (Å²) >= 11 is 0. The Hall–Kier alpha value is -3.08. The van der Waals surface area contributed by atoms with Gasteiger partial charge >= 0.3 is 5.97 Å². The van der Waals surface area contributed by atoms with E-state index in [1.54, 1.807) is 12.1 Å². The summed E-state index contributed by atoms with van der Waals surface area (Å²) in [5.74, 6) is -2.04. The van der Waals surface area contributed by atoms with Crippen molar-refractivity contribution in [3.05, 3.63) is 47.5 Å². The van der Waals surface area contributed by atoms with Crippen molar-refractivity contribution in [2.75, 3.05) is 13.2 Å². The van der Waals surface area contributed by atoms with Crippen molar-refractivity contribution in [2.45, 2.75) is 83.0 Å². The average molecular weight is 583 g/mol. The van der Waals surface area contributed by atoms with E-state index in [-0.39, 0.29) is 29.6 Å². The molecule has 42 heavy (non-hydrogen) atoms. The van der Waals surface area contributed by atoms with Crippen LogP contribution in [0, 0.1) is 28.6 Å². The lowest BCUT2D eigenvalue weighted by molar-refractivity contribution is -0.181. The van der Waals surface area contributed by atoms with Gasteiger partial charge in [0.05, 0.1) is 11.8 Å². The van der Waals surface area contributed by atoms with E-state index in [0.717, 1.165) is 24.8 Å². The smallest absolute Gasteiger partial charge is 0.326 e. The molecule has 3 saturated carbocycles. The number of hydrogen-bond donors (Lipinski definition) is 5. The van der Waals surface area contributed by atoms with Crippen molar-refractivity contribution in [3.8, 4) is 0 Å². The number of allylic oxidation sites excluding steroid dienone is 2. The number of Topliss-reactive ketones (excluding diaryl/α,β-unsaturated/α-hetero) is 1. The molecule has 10 heteroatoms. The van der Waals surface area contributed by atoms with Crippen LogP contribution in [0.4, 0.5) is 0 Å². The SMILES string of the molecule is C[C@]12CC/C(=N\OCC(=O)N[C@@H](Cc3ccccc3)C(=O)O)C=C1CC[C@@H]1[C@@H]2[C@@H](O)C[C@@]2(C)[C@H]1CC[C@]2(O)C(=O)CO. The second kappa shape index (κ2) is 11.5. The van der Waals surface area contributed by atoms with E-state index in [9.17, 15) is 34.8 Å². The Labute approximate surface area is 245 Å². The number of amides is 1. The van der Waals surface area contributed by atoms with Crippen molar-refractivity contribution in [2.24, 2.45) is 33.7 Å². The Morgan fingerprint density at radius 1 is 1.12 bits per heavy atom. The summed E-state index contributed by atoms with van der Waals surface area (Å²) in [5.41, 5.74) is 0.0184. The highest BCUT2D eigenvalue weighted by Crippen LogP contribution is 2.67. The number of aliphatic hydroxyl groups is 3. The standard InChI is InChI=1S/C32H42N2O8/c1-30-12-10-21(34-42-18-27(38)33-24(29(39)40)14-19-6-4-3-5-7-19)15-20(30)8-9-22-23-11-13-32(41,26(37)17-35)31(23,2)16-25(36)28(22)30/h3-7,15,22-25,28,35-36,41H,8-14,16-18H2,1-2H3,(H,33,38)(H,39,40)/b34-21+/t22-,23-,24-,25-,28+,30-,31-,32-/m0/s1. The number of nitrogens with one attached hydrogen (secondary N) is 1. The molecule has 0 spiro atoms. The van der Waals surface area contributed by atoms with Gasteiger partial charge in [-0.05, 0) is 79.8 Å². The Morgan fingerprint density at radius 2 is 1.86 bits per heavy atom. The molecule has 5 rings (SSSR count). The van der Waals surface area contributed by atoms with Crippen molar-refractivity contribution in [1.29, 1.82) is 0 Å². The third-order valence-electron chi connectivity index (χ3n) is 11.0. The maximum Gasteiger partial charge on any atom is 0.326 e. The molecular formula is C32H42N2O8. The summed E-state index contributed by atoms with van der Waals surface area (Å²) < 4.78 is 0. The molecule has 1 aromatic rings. The van der Waals surface area contributed by atoms with Crippen LogP contribution in [0.15, 0.2) is 47.1 Å². The molecule has 0 aromatic heterocycles. The van der Waals surface area contributed by atoms with Gasteiger partial charge in [0.2, 0.25) is 0 Å². The predicted octanol–water partition coefficient (Wildman–Crippen LogP) is 2.40. The Bertz CT molecular complexity index is 1280. The number of aliphatic hydroxyl groups excluding tert-OH is 2. The molecule has 1 amide bonds. The van der Waals surface area contributed by atoms with Gasteiger partial charge in [0, 0.05) is 11.8 Å². The topological polar surface area (TPSA) is 166 Å². The summed E-state index contributed by atoms with van der Waals surface area (Å²) in [6, 6.07) is 7.99. The van der Waals surface area contributed by atoms with Crippen molar-refractivity contribution in [1.82, 2.24) is 5.32 Å². The molecule has 0 bridgehead atoms. The number of carboxylic acid groups (broad SMARTS) is 1. The molecule has 4 aliphatic rings. The van der Waals surface area contributed by atoms with E-state index in [1.165, 1.54) is 5.57 Å². The van der Waals surface area contributed by atoms with Gasteiger partial charge in [-0.15, -0.1) is 0 Å². The second-order valence-corrected chi connectivity index (χ2v) is 13.1. The summed E-state index contributed by atoms with van der Waals surface area (Å²) in [5, 5.41) is 48.7. The van der Waals surface area contributed by atoms with E-state index in [4.69, 9.17) is 4.84 Å². The summed E-state index contributed by atoms with van der Waals surface area (Å²) in [6.45, 7) is 2.99. The first-order valence-corrected chi connectivity index (χ1v) is 14.9. The maximum absolute atomic E-state index is 12.6. The lowest BCUT2D eigenvalue weighted by Gasteiger charge is -2.60. The molecule has 0 unspecified atom stereocenters. The minimum absolute atomic E-state index is 0.0204. The predicted molar refractivity (Wildman–Crippen MR) is 153 cm³/mol. The number of carbonyl (C=O) groups excluding carboxylic acids is 2. The first kappa shape index (κ1) is 30.4. The maximum atomic E-state index is 12.6. The quantitative estimate of drug-likeness (QED) is 0.277. The van der Waals surface area contributed by atoms with Crippen molar-refractivity contribution in [3.63, 3.8) is 0 Å². The second-order valence-electron chi connectivity index (χ2n) is 13.1. The molecule has 8 atom stereocenters. The number of aliphatic carboxylic acids is 1. The number of nitrogens with zero attached hydrogens (tertiary/aromatic N) is 1. The Kier molecular flexibility index (Phi) is 8.35. The number of fused-ring (bicyclic) bond motifs is 5. The fourth-order valence-electron chi connectivity index (χ4n) is 8.82. The van der Waals surface area contributed by atoms with Crippen LogP contribution in [-0.4, -0.2) is 74.8 Å². The fraction of sp³-hybridized carbons (Fsp3) is 0.625. The van der Waals surface area contributed by atoms with E-state index in [2.05, 4.69) is 17.4 Å². The minimum atomic E-state index is -1.61. The number of carboxylic acids is 1. The van der Waals surface area contributed by atoms with E-state index in [1.807, 2.05) is 31.2 Å². The van der Waals surface area contributed by atoms with Gasteiger partial charge in [0.25, 0.3) is 5.91 Å². The molecule has 0 heterocycles. The van der Waals surface area contributed by atoms with E-state index >= 15 is 0 Å². The van der Waals surface area contributed by atoms with Crippen molar-refractivity contribution >= 4 is 23.4 Å². The highest BCUT2D eigenvalue weighted by molar-refractivity contribution is 5.96. The number of ketones is 1. The van der Waals surface area contributed by atoms with Gasteiger partial charge in [-0.3, -0.25) is 9.59 Å². The van der Waals surface area contributed by atoms with Crippen LogP contribution >= 0.6 is 0 Å². The van der Waals surface area contributed by atoms with Gasteiger partial charge in [-0.1, -0.05) is 54.9 Å². The molecule has 0 aliphatic heterocycles. The van der Waals surface area contributed by atoms with Crippen LogP contribution in [0.5, 0.6) is 0 Å². The van der Waals surface area contributed by atoms with Crippen molar-refractivity contribution < 1.29 is 39.6 Å². The zero-order valence-electron chi connectivity index (χ0n) is 24.3. The average Bonchev–Trinajstić information content (AvgIpc) is 3.23. The minimum Gasteiger partial charge on any atom is -0.480 e. The van der Waals surface area contributed by atoms with Gasteiger partial charge < -0.3 is 30.6 Å². The largest absolute Gasteiger partial charge is 0.480 e. The number of hydrogen-bond acceptors (Lipinski definition) is 8. The number of benzene rings is 1. The molecule has 0 radical (unpaired) electrons. The fourth-order valence-corrected chi connectivity index (χ4v) is 8.82. The van der Waals surface area contributed by atoms with Gasteiger partial charge in [-0.2, -0.15) is 0 Å². The molecule has 10 nitrogen and oxygen atoms in total.